The average molecular weight is 308 g/mol. The Labute approximate surface area is 127 Å². The predicted octanol–water partition coefficient (Wildman–Crippen LogP) is 4.47. The standard InChI is InChI=1S/C15H17FN2S2/c1-2-4-13(14-5-3-8-20-14)18-10-6-7-11(15(17)19)12(16)9-10/h3,5-9,13,18H,2,4H2,1H3,(H2,17,19). The Morgan fingerprint density at radius 2 is 2.25 bits per heavy atom. The first-order chi connectivity index (χ1) is 9.61. The van der Waals surface area contributed by atoms with Crippen LogP contribution in [0.4, 0.5) is 10.1 Å². The van der Waals surface area contributed by atoms with Gasteiger partial charge in [-0.25, -0.2) is 4.39 Å². The summed E-state index contributed by atoms with van der Waals surface area (Å²) in [5.41, 5.74) is 6.49. The number of rotatable bonds is 6. The van der Waals surface area contributed by atoms with Gasteiger partial charge in [-0.15, -0.1) is 11.3 Å². The van der Waals surface area contributed by atoms with Crippen LogP contribution in [0.3, 0.4) is 0 Å². The van der Waals surface area contributed by atoms with Crippen LogP contribution in [0.25, 0.3) is 0 Å². The summed E-state index contributed by atoms with van der Waals surface area (Å²) in [5.74, 6) is -0.385. The number of hydrogen-bond donors (Lipinski definition) is 2. The maximum Gasteiger partial charge on any atom is 0.135 e. The van der Waals surface area contributed by atoms with Crippen molar-refractivity contribution in [3.63, 3.8) is 0 Å². The van der Waals surface area contributed by atoms with Crippen molar-refractivity contribution in [2.75, 3.05) is 5.32 Å². The third-order valence-electron chi connectivity index (χ3n) is 3.04. The lowest BCUT2D eigenvalue weighted by atomic mass is 10.1. The lowest BCUT2D eigenvalue weighted by Crippen LogP contribution is -2.13. The minimum atomic E-state index is -0.385. The number of anilines is 1. The van der Waals surface area contributed by atoms with Crippen LogP contribution in [0.5, 0.6) is 0 Å². The molecule has 2 rings (SSSR count). The van der Waals surface area contributed by atoms with Gasteiger partial charge in [0.25, 0.3) is 0 Å². The Kier molecular flexibility index (Phi) is 5.09. The maximum atomic E-state index is 13.9. The van der Waals surface area contributed by atoms with Crippen LogP contribution >= 0.6 is 23.6 Å². The maximum absolute atomic E-state index is 13.9. The number of hydrogen-bond acceptors (Lipinski definition) is 3. The molecule has 1 unspecified atom stereocenters. The van der Waals surface area contributed by atoms with E-state index in [1.54, 1.807) is 17.4 Å². The molecule has 5 heteroatoms. The molecule has 0 saturated heterocycles. The summed E-state index contributed by atoms with van der Waals surface area (Å²) < 4.78 is 13.9. The van der Waals surface area contributed by atoms with E-state index in [0.29, 0.717) is 0 Å². The van der Waals surface area contributed by atoms with E-state index in [2.05, 4.69) is 23.7 Å². The highest BCUT2D eigenvalue weighted by atomic mass is 32.1. The molecule has 0 radical (unpaired) electrons. The van der Waals surface area contributed by atoms with E-state index in [9.17, 15) is 4.39 Å². The third-order valence-corrected chi connectivity index (χ3v) is 4.25. The number of thiocarbonyl (C=S) groups is 1. The van der Waals surface area contributed by atoms with Crippen molar-refractivity contribution in [3.05, 3.63) is 52.0 Å². The molecule has 1 aromatic heterocycles. The first-order valence-corrected chi connectivity index (χ1v) is 7.80. The fraction of sp³-hybridized carbons (Fsp3) is 0.267. The quantitative estimate of drug-likeness (QED) is 0.773. The number of nitrogens with one attached hydrogen (secondary N) is 1. The Bertz CT molecular complexity index is 582. The van der Waals surface area contributed by atoms with Gasteiger partial charge < -0.3 is 11.1 Å². The molecular weight excluding hydrogens is 291 g/mol. The van der Waals surface area contributed by atoms with Crippen LogP contribution in [0, 0.1) is 5.82 Å². The monoisotopic (exact) mass is 308 g/mol. The fourth-order valence-corrected chi connectivity index (χ4v) is 3.05. The van der Waals surface area contributed by atoms with Gasteiger partial charge in [0.1, 0.15) is 10.8 Å². The van der Waals surface area contributed by atoms with Crippen molar-refractivity contribution in [1.29, 1.82) is 0 Å². The topological polar surface area (TPSA) is 38.0 Å². The van der Waals surface area contributed by atoms with E-state index in [1.165, 1.54) is 10.9 Å². The molecule has 0 aliphatic heterocycles. The van der Waals surface area contributed by atoms with Gasteiger partial charge in [0, 0.05) is 16.1 Å². The second kappa shape index (κ2) is 6.81. The molecule has 0 aliphatic carbocycles. The van der Waals surface area contributed by atoms with Crippen LogP contribution < -0.4 is 11.1 Å². The highest BCUT2D eigenvalue weighted by Gasteiger charge is 2.13. The van der Waals surface area contributed by atoms with Crippen molar-refractivity contribution >= 4 is 34.2 Å². The Balaban J connectivity index is 2.19. The number of nitrogens with two attached hydrogens (primary N) is 1. The number of halogens is 1. The molecule has 1 aromatic carbocycles. The molecular formula is C15H17FN2S2. The molecule has 0 fully saturated rings. The second-order valence-corrected chi connectivity index (χ2v) is 5.98. The molecule has 3 N–H and O–H groups in total. The molecule has 0 spiro atoms. The van der Waals surface area contributed by atoms with Gasteiger partial charge in [-0.3, -0.25) is 0 Å². The summed E-state index contributed by atoms with van der Waals surface area (Å²) in [6, 6.07) is 9.21. The fourth-order valence-electron chi connectivity index (χ4n) is 2.07. The van der Waals surface area contributed by atoms with Crippen LogP contribution in [0.15, 0.2) is 35.7 Å². The zero-order valence-corrected chi connectivity index (χ0v) is 12.9. The van der Waals surface area contributed by atoms with Crippen molar-refractivity contribution in [1.82, 2.24) is 0 Å². The van der Waals surface area contributed by atoms with Gasteiger partial charge in [0.05, 0.1) is 6.04 Å². The molecule has 2 aromatic rings. The van der Waals surface area contributed by atoms with Crippen LogP contribution in [0.1, 0.15) is 36.2 Å². The lowest BCUT2D eigenvalue weighted by molar-refractivity contribution is 0.624. The molecule has 0 bridgehead atoms. The van der Waals surface area contributed by atoms with E-state index in [0.717, 1.165) is 18.5 Å². The van der Waals surface area contributed by atoms with E-state index >= 15 is 0 Å². The molecule has 106 valence electrons. The van der Waals surface area contributed by atoms with E-state index in [1.807, 2.05) is 12.1 Å². The first-order valence-electron chi connectivity index (χ1n) is 6.51. The van der Waals surface area contributed by atoms with E-state index in [4.69, 9.17) is 18.0 Å². The molecule has 1 atom stereocenters. The van der Waals surface area contributed by atoms with Gasteiger partial charge in [0.2, 0.25) is 0 Å². The van der Waals surface area contributed by atoms with Crippen LogP contribution in [0.2, 0.25) is 0 Å². The smallest absolute Gasteiger partial charge is 0.135 e. The summed E-state index contributed by atoms with van der Waals surface area (Å²) >= 11 is 6.51. The highest BCUT2D eigenvalue weighted by molar-refractivity contribution is 7.80. The predicted molar refractivity (Wildman–Crippen MR) is 87.9 cm³/mol. The summed E-state index contributed by atoms with van der Waals surface area (Å²) in [4.78, 5) is 1.34. The summed E-state index contributed by atoms with van der Waals surface area (Å²) in [6.45, 7) is 2.14. The Morgan fingerprint density at radius 1 is 1.45 bits per heavy atom. The van der Waals surface area contributed by atoms with E-state index < -0.39 is 0 Å². The third kappa shape index (κ3) is 3.55. The molecule has 0 aliphatic rings. The minimum Gasteiger partial charge on any atom is -0.389 e. The summed E-state index contributed by atoms with van der Waals surface area (Å²) in [7, 11) is 0. The van der Waals surface area contributed by atoms with E-state index in [-0.39, 0.29) is 22.4 Å². The van der Waals surface area contributed by atoms with Gasteiger partial charge in [0.15, 0.2) is 0 Å². The van der Waals surface area contributed by atoms with Crippen LogP contribution in [-0.4, -0.2) is 4.99 Å². The summed E-state index contributed by atoms with van der Waals surface area (Å²) in [6.07, 6.45) is 2.06. The molecule has 2 nitrogen and oxygen atoms in total. The minimum absolute atomic E-state index is 0.0809. The average Bonchev–Trinajstić information content (AvgIpc) is 2.91. The molecule has 0 saturated carbocycles. The Morgan fingerprint density at radius 3 is 2.80 bits per heavy atom. The Hall–Kier alpha value is -1.46. The second-order valence-electron chi connectivity index (χ2n) is 4.56. The van der Waals surface area contributed by atoms with Gasteiger partial charge in [-0.05, 0) is 36.1 Å². The number of benzene rings is 1. The SMILES string of the molecule is CCCC(Nc1ccc(C(N)=S)c(F)c1)c1cccs1. The summed E-state index contributed by atoms with van der Waals surface area (Å²) in [5, 5.41) is 5.43. The lowest BCUT2D eigenvalue weighted by Gasteiger charge is -2.18. The molecule has 1 heterocycles. The largest absolute Gasteiger partial charge is 0.389 e. The first kappa shape index (κ1) is 14.9. The van der Waals surface area contributed by atoms with Gasteiger partial charge in [-0.2, -0.15) is 0 Å². The van der Waals surface area contributed by atoms with Crippen molar-refractivity contribution in [3.8, 4) is 0 Å². The zero-order chi connectivity index (χ0) is 14.5. The zero-order valence-electron chi connectivity index (χ0n) is 11.2. The van der Waals surface area contributed by atoms with Crippen molar-refractivity contribution < 1.29 is 4.39 Å². The molecule has 0 amide bonds. The van der Waals surface area contributed by atoms with Crippen LogP contribution in [-0.2, 0) is 0 Å². The van der Waals surface area contributed by atoms with Crippen molar-refractivity contribution in [2.45, 2.75) is 25.8 Å². The molecule has 20 heavy (non-hydrogen) atoms. The van der Waals surface area contributed by atoms with Gasteiger partial charge in [-0.1, -0.05) is 31.6 Å². The van der Waals surface area contributed by atoms with Gasteiger partial charge >= 0.3 is 0 Å². The highest BCUT2D eigenvalue weighted by Crippen LogP contribution is 2.28. The number of thiophene rings is 1. The normalized spacial score (nSPS) is 12.1. The van der Waals surface area contributed by atoms with Crippen molar-refractivity contribution in [2.24, 2.45) is 5.73 Å².